The molecule has 1 aromatic carbocycles. The van der Waals surface area contributed by atoms with Gasteiger partial charge in [0.2, 0.25) is 0 Å². The number of benzene rings is 1. The van der Waals surface area contributed by atoms with Gasteiger partial charge in [-0.3, -0.25) is 9.59 Å². The van der Waals surface area contributed by atoms with Crippen LogP contribution < -0.4 is 5.32 Å². The maximum Gasteiger partial charge on any atom is 0.303 e. The number of carbonyl (C=O) groups is 2. The molecule has 6 nitrogen and oxygen atoms in total. The van der Waals surface area contributed by atoms with E-state index in [1.54, 1.807) is 16.8 Å². The summed E-state index contributed by atoms with van der Waals surface area (Å²) < 4.78 is 15.9. The molecule has 1 amide bonds. The Hall–Kier alpha value is -2.70. The van der Waals surface area contributed by atoms with Crippen molar-refractivity contribution in [1.82, 2.24) is 15.1 Å². The maximum absolute atomic E-state index is 14.3. The Morgan fingerprint density at radius 3 is 2.85 bits per heavy atom. The van der Waals surface area contributed by atoms with Crippen molar-refractivity contribution in [1.29, 1.82) is 0 Å². The van der Waals surface area contributed by atoms with E-state index >= 15 is 0 Å². The van der Waals surface area contributed by atoms with Crippen molar-refractivity contribution in [3.05, 3.63) is 46.5 Å². The number of rotatable bonds is 8. The highest BCUT2D eigenvalue weighted by Gasteiger charge is 2.27. The van der Waals surface area contributed by atoms with E-state index in [4.69, 9.17) is 5.11 Å². The highest BCUT2D eigenvalue weighted by Crippen LogP contribution is 2.29. The highest BCUT2D eigenvalue weighted by molar-refractivity contribution is 5.94. The molecule has 0 saturated heterocycles. The molecular weight excluding hydrogens is 349 g/mol. The number of amides is 1. The Kier molecular flexibility index (Phi) is 5.88. The maximum atomic E-state index is 14.3. The highest BCUT2D eigenvalue weighted by atomic mass is 19.1. The van der Waals surface area contributed by atoms with Crippen LogP contribution in [0.25, 0.3) is 5.69 Å². The summed E-state index contributed by atoms with van der Waals surface area (Å²) in [7, 11) is 0. The molecular formula is C20H24FN3O3. The van der Waals surface area contributed by atoms with E-state index in [0.717, 1.165) is 42.5 Å². The fraction of sp³-hybridized carbons (Fsp3) is 0.450. The van der Waals surface area contributed by atoms with Crippen LogP contribution in [0.3, 0.4) is 0 Å². The van der Waals surface area contributed by atoms with E-state index in [0.29, 0.717) is 30.8 Å². The van der Waals surface area contributed by atoms with Crippen molar-refractivity contribution in [3.8, 4) is 5.69 Å². The first-order chi connectivity index (χ1) is 13.0. The molecule has 27 heavy (non-hydrogen) atoms. The minimum absolute atomic E-state index is 0.147. The van der Waals surface area contributed by atoms with Crippen LogP contribution in [0.15, 0.2) is 18.2 Å². The minimum Gasteiger partial charge on any atom is -0.481 e. The number of nitrogens with one attached hydrogen (secondary N) is 1. The molecule has 0 aliphatic heterocycles. The second-order valence-corrected chi connectivity index (χ2v) is 6.95. The van der Waals surface area contributed by atoms with Crippen molar-refractivity contribution >= 4 is 11.9 Å². The molecule has 2 N–H and O–H groups in total. The van der Waals surface area contributed by atoms with E-state index in [9.17, 15) is 14.0 Å². The lowest BCUT2D eigenvalue weighted by Gasteiger charge is -2.08. The molecule has 0 spiro atoms. The zero-order valence-electron chi connectivity index (χ0n) is 15.4. The quantitative estimate of drug-likeness (QED) is 0.696. The van der Waals surface area contributed by atoms with Gasteiger partial charge in [0.05, 0.1) is 0 Å². The molecule has 1 aliphatic rings. The Labute approximate surface area is 157 Å². The van der Waals surface area contributed by atoms with Crippen molar-refractivity contribution < 1.29 is 19.1 Å². The fourth-order valence-electron chi connectivity index (χ4n) is 3.47. The van der Waals surface area contributed by atoms with E-state index in [1.165, 1.54) is 6.07 Å². The van der Waals surface area contributed by atoms with Crippen LogP contribution in [0, 0.1) is 12.7 Å². The molecule has 3 rings (SSSR count). The molecule has 144 valence electrons. The van der Waals surface area contributed by atoms with Gasteiger partial charge in [0.25, 0.3) is 5.91 Å². The standard InChI is InChI=1S/C20H24FN3O3/c1-13-9-10-15(21)17(12-13)24-16-7-5-6-14(16)19(23-24)20(27)22-11-4-2-3-8-18(25)26/h9-10,12H,2-8,11H2,1H3,(H,22,27)(H,25,26). The SMILES string of the molecule is Cc1ccc(F)c(-n2nc(C(=O)NCCCCCC(=O)O)c3c2CCC3)c1. The van der Waals surface area contributed by atoms with Gasteiger partial charge in [0.1, 0.15) is 11.5 Å². The zero-order valence-corrected chi connectivity index (χ0v) is 15.4. The zero-order chi connectivity index (χ0) is 19.4. The van der Waals surface area contributed by atoms with Crippen molar-refractivity contribution in [2.24, 2.45) is 0 Å². The average Bonchev–Trinajstić information content (AvgIpc) is 3.22. The Morgan fingerprint density at radius 2 is 2.07 bits per heavy atom. The summed E-state index contributed by atoms with van der Waals surface area (Å²) >= 11 is 0. The van der Waals surface area contributed by atoms with Crippen LogP contribution in [-0.2, 0) is 17.6 Å². The van der Waals surface area contributed by atoms with Crippen LogP contribution >= 0.6 is 0 Å². The van der Waals surface area contributed by atoms with Gasteiger partial charge in [-0.1, -0.05) is 12.5 Å². The third kappa shape index (κ3) is 4.35. The summed E-state index contributed by atoms with van der Waals surface area (Å²) in [5.74, 6) is -1.41. The van der Waals surface area contributed by atoms with Gasteiger partial charge in [0, 0.05) is 24.2 Å². The van der Waals surface area contributed by atoms with Crippen molar-refractivity contribution in [2.45, 2.75) is 51.9 Å². The van der Waals surface area contributed by atoms with E-state index in [2.05, 4.69) is 10.4 Å². The third-order valence-electron chi connectivity index (χ3n) is 4.83. The number of unbranched alkanes of at least 4 members (excludes halogenated alkanes) is 2. The molecule has 0 radical (unpaired) electrons. The minimum atomic E-state index is -0.802. The lowest BCUT2D eigenvalue weighted by Crippen LogP contribution is -2.26. The molecule has 0 unspecified atom stereocenters. The van der Waals surface area contributed by atoms with E-state index in [1.807, 2.05) is 6.92 Å². The number of nitrogens with zero attached hydrogens (tertiary/aromatic N) is 2. The Balaban J connectivity index is 1.71. The summed E-state index contributed by atoms with van der Waals surface area (Å²) in [6.07, 6.45) is 4.68. The number of aryl methyl sites for hydroxylation is 1. The van der Waals surface area contributed by atoms with Gasteiger partial charge in [-0.15, -0.1) is 0 Å². The Bertz CT molecular complexity index is 860. The van der Waals surface area contributed by atoms with Gasteiger partial charge in [-0.25, -0.2) is 9.07 Å². The van der Waals surface area contributed by atoms with Crippen LogP contribution in [0.2, 0.25) is 0 Å². The molecule has 1 heterocycles. The lowest BCUT2D eigenvalue weighted by atomic mass is 10.1. The van der Waals surface area contributed by atoms with Crippen molar-refractivity contribution in [2.75, 3.05) is 6.54 Å². The third-order valence-corrected chi connectivity index (χ3v) is 4.83. The molecule has 0 atom stereocenters. The average molecular weight is 373 g/mol. The largest absolute Gasteiger partial charge is 0.481 e. The first-order valence-electron chi connectivity index (χ1n) is 9.34. The molecule has 7 heteroatoms. The molecule has 1 aliphatic carbocycles. The molecule has 1 aromatic heterocycles. The number of aromatic nitrogens is 2. The molecule has 0 saturated carbocycles. The van der Waals surface area contributed by atoms with Gasteiger partial charge in [-0.05, 0) is 56.7 Å². The van der Waals surface area contributed by atoms with Crippen LogP contribution in [0.1, 0.15) is 59.4 Å². The van der Waals surface area contributed by atoms with E-state index in [-0.39, 0.29) is 18.1 Å². The lowest BCUT2D eigenvalue weighted by molar-refractivity contribution is -0.137. The number of halogens is 1. The molecule has 2 aromatic rings. The monoisotopic (exact) mass is 373 g/mol. The number of carbonyl (C=O) groups excluding carboxylic acids is 1. The second-order valence-electron chi connectivity index (χ2n) is 6.95. The van der Waals surface area contributed by atoms with Gasteiger partial charge in [-0.2, -0.15) is 5.10 Å². The van der Waals surface area contributed by atoms with Crippen LogP contribution in [0.5, 0.6) is 0 Å². The number of carboxylic acids is 1. The van der Waals surface area contributed by atoms with Crippen LogP contribution in [-0.4, -0.2) is 33.3 Å². The van der Waals surface area contributed by atoms with Gasteiger partial charge >= 0.3 is 5.97 Å². The van der Waals surface area contributed by atoms with Gasteiger partial charge < -0.3 is 10.4 Å². The van der Waals surface area contributed by atoms with Crippen molar-refractivity contribution in [3.63, 3.8) is 0 Å². The summed E-state index contributed by atoms with van der Waals surface area (Å²) in [4.78, 5) is 23.1. The summed E-state index contributed by atoms with van der Waals surface area (Å²) in [5.41, 5.74) is 3.49. The number of hydrogen-bond acceptors (Lipinski definition) is 3. The van der Waals surface area contributed by atoms with Crippen LogP contribution in [0.4, 0.5) is 4.39 Å². The summed E-state index contributed by atoms with van der Waals surface area (Å²) in [6.45, 7) is 2.36. The first kappa shape index (κ1) is 19.1. The number of carboxylic acid groups (broad SMARTS) is 1. The fourth-order valence-corrected chi connectivity index (χ4v) is 3.47. The summed E-state index contributed by atoms with van der Waals surface area (Å²) in [6, 6.07) is 4.87. The Morgan fingerprint density at radius 1 is 1.26 bits per heavy atom. The number of fused-ring (bicyclic) bond motifs is 1. The molecule has 0 bridgehead atoms. The number of aliphatic carboxylic acids is 1. The smallest absolute Gasteiger partial charge is 0.303 e. The predicted octanol–water partition coefficient (Wildman–Crippen LogP) is 3.18. The second kappa shape index (κ2) is 8.33. The topological polar surface area (TPSA) is 84.2 Å². The predicted molar refractivity (Wildman–Crippen MR) is 98.7 cm³/mol. The normalized spacial score (nSPS) is 12.8. The number of hydrogen-bond donors (Lipinski definition) is 2. The molecule has 0 fully saturated rings. The van der Waals surface area contributed by atoms with E-state index < -0.39 is 5.97 Å². The van der Waals surface area contributed by atoms with Gasteiger partial charge in [0.15, 0.2) is 5.69 Å². The first-order valence-corrected chi connectivity index (χ1v) is 9.34. The summed E-state index contributed by atoms with van der Waals surface area (Å²) in [5, 5.41) is 15.9.